The Bertz CT molecular complexity index is 1290. The molecule has 10 heteroatoms. The number of aryl methyl sites for hydroxylation is 1. The number of nitrogens with one attached hydrogen (secondary N) is 1. The van der Waals surface area contributed by atoms with Crippen LogP contribution in [0.5, 0.6) is 0 Å². The fourth-order valence-corrected chi connectivity index (χ4v) is 5.57. The average Bonchev–Trinajstić information content (AvgIpc) is 3.44. The number of aliphatic imine (C=N–C) groups is 1. The molecule has 2 fully saturated rings. The molecule has 0 unspecified atom stereocenters. The number of amidine groups is 1. The molecule has 1 N–H and O–H groups in total. The maximum atomic E-state index is 13.4. The van der Waals surface area contributed by atoms with E-state index in [0.29, 0.717) is 47.4 Å². The van der Waals surface area contributed by atoms with Gasteiger partial charge in [-0.15, -0.1) is 12.8 Å². The number of nitrogens with zero attached hydrogens (tertiary/aromatic N) is 5. The number of piperidine rings is 1. The lowest BCUT2D eigenvalue weighted by atomic mass is 9.93. The van der Waals surface area contributed by atoms with E-state index in [2.05, 4.69) is 28.1 Å². The Morgan fingerprint density at radius 1 is 1.23 bits per heavy atom. The van der Waals surface area contributed by atoms with Crippen LogP contribution in [-0.2, 0) is 0 Å². The molecule has 2 aliphatic rings. The number of carbonyl (C=O) groups is 1. The number of Topliss-reactive ketones (excluding diaryl/α,β-unsaturated/α-hetero) is 1. The minimum absolute atomic E-state index is 0.0165. The third-order valence-corrected chi connectivity index (χ3v) is 7.58. The van der Waals surface area contributed by atoms with Gasteiger partial charge in [0.15, 0.2) is 5.78 Å². The number of terminal acetylenes is 1. The fraction of sp³-hybridized carbons (Fsp3) is 0.552. The van der Waals surface area contributed by atoms with E-state index in [1.165, 1.54) is 6.92 Å². The number of likely N-dealkylation sites (tertiary alicyclic amines) is 1. The number of aromatic nitrogens is 3. The molecule has 1 saturated heterocycles. The van der Waals surface area contributed by atoms with Gasteiger partial charge in [-0.1, -0.05) is 18.9 Å². The molecule has 39 heavy (non-hydrogen) atoms. The van der Waals surface area contributed by atoms with Crippen molar-refractivity contribution in [2.45, 2.75) is 71.3 Å². The first-order valence-electron chi connectivity index (χ1n) is 13.5. The predicted molar refractivity (Wildman–Crippen MR) is 152 cm³/mol. The number of pyridine rings is 1. The van der Waals surface area contributed by atoms with Crippen molar-refractivity contribution in [2.75, 3.05) is 32.0 Å². The average molecular weight is 541 g/mol. The molecular weight excluding hydrogens is 502 g/mol. The number of alkyl halides is 2. The van der Waals surface area contributed by atoms with Crippen molar-refractivity contribution in [1.82, 2.24) is 19.4 Å². The summed E-state index contributed by atoms with van der Waals surface area (Å²) < 4.78 is 26.9. The van der Waals surface area contributed by atoms with E-state index < -0.39 is 6.43 Å². The number of hydrogen-bond acceptors (Lipinski definition) is 6. The summed E-state index contributed by atoms with van der Waals surface area (Å²) in [6.45, 7) is 4.46. The van der Waals surface area contributed by atoms with Gasteiger partial charge < -0.3 is 5.32 Å². The molecule has 0 atom stereocenters. The van der Waals surface area contributed by atoms with Crippen molar-refractivity contribution in [2.24, 2.45) is 10.9 Å². The van der Waals surface area contributed by atoms with Crippen molar-refractivity contribution < 1.29 is 13.6 Å². The molecule has 4 rings (SSSR count). The molecular formula is C29H38F2N6O2. The molecule has 0 spiro atoms. The Morgan fingerprint density at radius 3 is 2.49 bits per heavy atom. The van der Waals surface area contributed by atoms with Gasteiger partial charge in [0, 0.05) is 24.7 Å². The zero-order valence-electron chi connectivity index (χ0n) is 23.0. The Kier molecular flexibility index (Phi) is 10.9. The van der Waals surface area contributed by atoms with Gasteiger partial charge in [0.2, 0.25) is 5.95 Å². The molecule has 0 radical (unpaired) electrons. The summed E-state index contributed by atoms with van der Waals surface area (Å²) in [5, 5.41) is 3.85. The maximum Gasteiger partial charge on any atom is 0.263 e. The topological polar surface area (TPSA) is 92.5 Å². The number of carbonyl (C=O) groups excluding carboxylic acids is 1. The first-order chi connectivity index (χ1) is 18.8. The van der Waals surface area contributed by atoms with Crippen LogP contribution >= 0.6 is 0 Å². The van der Waals surface area contributed by atoms with Crippen LogP contribution in [0.25, 0.3) is 11.0 Å². The molecule has 1 saturated carbocycles. The number of fused-ring (bicyclic) bond motifs is 1. The fourth-order valence-electron chi connectivity index (χ4n) is 5.57. The molecule has 0 bridgehead atoms. The number of rotatable bonds is 8. The quantitative estimate of drug-likeness (QED) is 0.219. The summed E-state index contributed by atoms with van der Waals surface area (Å²) in [5.41, 5.74) is 1.07. The van der Waals surface area contributed by atoms with Gasteiger partial charge in [-0.25, -0.2) is 13.8 Å². The third-order valence-electron chi connectivity index (χ3n) is 7.58. The second-order valence-electron chi connectivity index (χ2n) is 10.1. The highest BCUT2D eigenvalue weighted by atomic mass is 19.3. The van der Waals surface area contributed by atoms with Crippen molar-refractivity contribution in [1.29, 1.82) is 0 Å². The molecule has 1 aliphatic carbocycles. The summed E-state index contributed by atoms with van der Waals surface area (Å²) in [6.07, 6.45) is 17.8. The van der Waals surface area contributed by atoms with E-state index in [0.717, 1.165) is 44.9 Å². The predicted octanol–water partition coefficient (Wildman–Crippen LogP) is 5.03. The molecule has 8 nitrogen and oxygen atoms in total. The highest BCUT2D eigenvalue weighted by molar-refractivity contribution is 6.03. The van der Waals surface area contributed by atoms with Crippen LogP contribution in [0.1, 0.15) is 73.8 Å². The summed E-state index contributed by atoms with van der Waals surface area (Å²) >= 11 is 0. The normalized spacial score (nSPS) is 17.6. The number of ketones is 1. The van der Waals surface area contributed by atoms with E-state index in [1.54, 1.807) is 24.7 Å². The van der Waals surface area contributed by atoms with Crippen LogP contribution in [-0.4, -0.2) is 64.2 Å². The lowest BCUT2D eigenvalue weighted by Crippen LogP contribution is -2.36. The van der Waals surface area contributed by atoms with Gasteiger partial charge >= 0.3 is 0 Å². The molecule has 0 amide bonds. The summed E-state index contributed by atoms with van der Waals surface area (Å²) in [5.74, 6) is 1.13. The van der Waals surface area contributed by atoms with Crippen molar-refractivity contribution >= 4 is 28.6 Å². The Hall–Kier alpha value is -3.45. The Balaban J connectivity index is 0.00000205. The van der Waals surface area contributed by atoms with E-state index in [4.69, 9.17) is 4.98 Å². The minimum Gasteiger partial charge on any atom is -0.309 e. The number of anilines is 1. The van der Waals surface area contributed by atoms with Gasteiger partial charge in [0.25, 0.3) is 12.0 Å². The summed E-state index contributed by atoms with van der Waals surface area (Å²) in [6, 6.07) is 0.0165. The smallest absolute Gasteiger partial charge is 0.263 e. The molecule has 2 aromatic rings. The number of allylic oxidation sites excluding steroid dienone is 1. The van der Waals surface area contributed by atoms with Crippen LogP contribution in [0.3, 0.4) is 0 Å². The van der Waals surface area contributed by atoms with E-state index >= 15 is 0 Å². The van der Waals surface area contributed by atoms with E-state index in [1.807, 2.05) is 17.1 Å². The van der Waals surface area contributed by atoms with Gasteiger partial charge in [-0.3, -0.25) is 24.0 Å². The first-order valence-corrected chi connectivity index (χ1v) is 13.5. The highest BCUT2D eigenvalue weighted by Crippen LogP contribution is 2.32. The second-order valence-corrected chi connectivity index (χ2v) is 10.1. The monoisotopic (exact) mass is 540 g/mol. The van der Waals surface area contributed by atoms with Crippen LogP contribution in [0.4, 0.5) is 14.7 Å². The van der Waals surface area contributed by atoms with Crippen molar-refractivity contribution in [3.05, 3.63) is 39.8 Å². The van der Waals surface area contributed by atoms with Gasteiger partial charge in [0.1, 0.15) is 11.5 Å². The standard InChI is InChI=1S/C27H36F2N6O2.C2H2/c1-17-21-15-31-27(33-25(21)35(20-8-4-5-9-20)26(37)24(17)18(2)36)32-23(30-3)10-6-7-19-11-13-34(14-12-19)16-22(28)29;1-2/h6,10,15,19-20,22H,4-5,7-9,11-14,16H2,1-3H3,(H,30,31,32,33);1-2H/b10-6-;. The number of halogens is 2. The number of hydrogen-bond donors (Lipinski definition) is 1. The zero-order chi connectivity index (χ0) is 28.5. The highest BCUT2D eigenvalue weighted by Gasteiger charge is 2.26. The first kappa shape index (κ1) is 30.1. The Morgan fingerprint density at radius 2 is 1.90 bits per heavy atom. The lowest BCUT2D eigenvalue weighted by molar-refractivity contribution is 0.0693. The Labute approximate surface area is 228 Å². The largest absolute Gasteiger partial charge is 0.309 e. The second kappa shape index (κ2) is 14.1. The summed E-state index contributed by atoms with van der Waals surface area (Å²) in [4.78, 5) is 41.0. The molecule has 3 heterocycles. The van der Waals surface area contributed by atoms with E-state index in [-0.39, 0.29) is 29.5 Å². The molecule has 2 aromatic heterocycles. The maximum absolute atomic E-state index is 13.4. The van der Waals surface area contributed by atoms with Gasteiger partial charge in [-0.2, -0.15) is 4.98 Å². The molecule has 1 aliphatic heterocycles. The van der Waals surface area contributed by atoms with Crippen LogP contribution in [0.15, 0.2) is 28.1 Å². The molecule has 210 valence electrons. The summed E-state index contributed by atoms with van der Waals surface area (Å²) in [7, 11) is 1.67. The SMILES string of the molecule is C#C.CN=C(/C=C\CC1CCN(CC(F)F)CC1)Nc1ncc2c(C)c(C(C)=O)c(=O)n(C3CCCC3)c2n1. The minimum atomic E-state index is -2.28. The van der Waals surface area contributed by atoms with E-state index in [9.17, 15) is 18.4 Å². The van der Waals surface area contributed by atoms with Crippen LogP contribution in [0.2, 0.25) is 0 Å². The van der Waals surface area contributed by atoms with Gasteiger partial charge in [-0.05, 0) is 76.6 Å². The zero-order valence-corrected chi connectivity index (χ0v) is 23.0. The molecule has 0 aromatic carbocycles. The van der Waals surface area contributed by atoms with Crippen LogP contribution in [0, 0.1) is 25.7 Å². The van der Waals surface area contributed by atoms with Crippen molar-refractivity contribution in [3.63, 3.8) is 0 Å². The lowest BCUT2D eigenvalue weighted by Gasteiger charge is -2.31. The van der Waals surface area contributed by atoms with Crippen molar-refractivity contribution in [3.8, 4) is 12.8 Å². The van der Waals surface area contributed by atoms with Gasteiger partial charge in [0.05, 0.1) is 12.1 Å². The van der Waals surface area contributed by atoms with Crippen LogP contribution < -0.4 is 10.9 Å². The third kappa shape index (κ3) is 7.35.